The van der Waals surface area contributed by atoms with Gasteiger partial charge in [0.2, 0.25) is 0 Å². The lowest BCUT2D eigenvalue weighted by Gasteiger charge is -2.31. The maximum atomic E-state index is 13.7. The number of benzene rings is 2. The van der Waals surface area contributed by atoms with E-state index in [2.05, 4.69) is 5.32 Å². The molecule has 3 aliphatic rings. The molecule has 1 saturated heterocycles. The van der Waals surface area contributed by atoms with Gasteiger partial charge >= 0.3 is 0 Å². The van der Waals surface area contributed by atoms with E-state index in [4.69, 9.17) is 14.5 Å². The Hall–Kier alpha value is -3.33. The minimum Gasteiger partial charge on any atom is -0.493 e. The van der Waals surface area contributed by atoms with E-state index < -0.39 is 0 Å². The molecule has 2 aliphatic carbocycles. The highest BCUT2D eigenvalue weighted by atomic mass is 32.2. The zero-order valence-electron chi connectivity index (χ0n) is 22.9. The number of nitrogens with zero attached hydrogens (tertiary/aromatic N) is 2. The van der Waals surface area contributed by atoms with Gasteiger partial charge in [-0.05, 0) is 85.5 Å². The SMILES string of the molecule is COc1cc(C=C2SC(=NC3CCCCC3)N(C3CCCCC3)C2=O)ccc1OCC(=O)Nc1ccc(F)cc1. The van der Waals surface area contributed by atoms with Crippen LogP contribution in [0.4, 0.5) is 10.1 Å². The maximum Gasteiger partial charge on any atom is 0.266 e. The van der Waals surface area contributed by atoms with Gasteiger partial charge in [0.25, 0.3) is 11.8 Å². The van der Waals surface area contributed by atoms with Crippen LogP contribution in [0.3, 0.4) is 0 Å². The summed E-state index contributed by atoms with van der Waals surface area (Å²) in [5.41, 5.74) is 1.29. The minimum absolute atomic E-state index is 0.0308. The molecular formula is C31H36FN3O4S. The zero-order valence-corrected chi connectivity index (χ0v) is 23.7. The molecule has 212 valence electrons. The molecule has 40 heavy (non-hydrogen) atoms. The highest BCUT2D eigenvalue weighted by Gasteiger charge is 2.39. The van der Waals surface area contributed by atoms with Crippen molar-refractivity contribution in [2.75, 3.05) is 19.0 Å². The third kappa shape index (κ3) is 7.05. The van der Waals surface area contributed by atoms with E-state index >= 15 is 0 Å². The number of rotatable bonds is 8. The first-order valence-electron chi connectivity index (χ1n) is 14.2. The van der Waals surface area contributed by atoms with Gasteiger partial charge in [-0.3, -0.25) is 19.5 Å². The Labute approximate surface area is 239 Å². The number of thioether (sulfide) groups is 1. The van der Waals surface area contributed by atoms with Crippen molar-refractivity contribution < 1.29 is 23.5 Å². The summed E-state index contributed by atoms with van der Waals surface area (Å²) in [6, 6.07) is 11.4. The largest absolute Gasteiger partial charge is 0.493 e. The second-order valence-electron chi connectivity index (χ2n) is 10.5. The van der Waals surface area contributed by atoms with Crippen LogP contribution in [0.2, 0.25) is 0 Å². The first kappa shape index (κ1) is 28.2. The van der Waals surface area contributed by atoms with Crippen molar-refractivity contribution in [3.05, 3.63) is 58.8 Å². The van der Waals surface area contributed by atoms with Crippen LogP contribution in [-0.4, -0.2) is 47.7 Å². The normalized spacial score (nSPS) is 20.8. The van der Waals surface area contributed by atoms with E-state index in [1.165, 1.54) is 68.8 Å². The van der Waals surface area contributed by atoms with Gasteiger partial charge in [-0.15, -0.1) is 0 Å². The van der Waals surface area contributed by atoms with Crippen molar-refractivity contribution in [3.8, 4) is 11.5 Å². The van der Waals surface area contributed by atoms with Crippen LogP contribution >= 0.6 is 11.8 Å². The Kier molecular flexibility index (Phi) is 9.41. The van der Waals surface area contributed by atoms with E-state index in [1.54, 1.807) is 12.1 Å². The molecule has 0 atom stereocenters. The number of carbonyl (C=O) groups is 2. The number of hydrogen-bond acceptors (Lipinski definition) is 6. The third-order valence-electron chi connectivity index (χ3n) is 7.62. The molecule has 1 heterocycles. The van der Waals surface area contributed by atoms with Gasteiger partial charge in [0.1, 0.15) is 5.82 Å². The van der Waals surface area contributed by atoms with Gasteiger partial charge in [-0.2, -0.15) is 0 Å². The number of hydrogen-bond donors (Lipinski definition) is 1. The van der Waals surface area contributed by atoms with Crippen LogP contribution in [-0.2, 0) is 9.59 Å². The molecule has 2 saturated carbocycles. The van der Waals surface area contributed by atoms with E-state index in [0.29, 0.717) is 28.1 Å². The summed E-state index contributed by atoms with van der Waals surface area (Å²) < 4.78 is 24.3. The van der Waals surface area contributed by atoms with Crippen LogP contribution in [0.5, 0.6) is 11.5 Å². The average Bonchev–Trinajstić information content (AvgIpc) is 3.28. The Morgan fingerprint density at radius 1 is 1.02 bits per heavy atom. The van der Waals surface area contributed by atoms with Crippen LogP contribution in [0, 0.1) is 5.82 Å². The summed E-state index contributed by atoms with van der Waals surface area (Å²) in [6.45, 7) is -0.236. The van der Waals surface area contributed by atoms with Gasteiger partial charge < -0.3 is 14.8 Å². The number of methoxy groups -OCH3 is 1. The molecule has 1 N–H and O–H groups in total. The van der Waals surface area contributed by atoms with Crippen molar-refractivity contribution in [1.82, 2.24) is 4.90 Å². The fourth-order valence-corrected chi connectivity index (χ4v) is 6.63. The highest BCUT2D eigenvalue weighted by Crippen LogP contribution is 2.39. The first-order valence-corrected chi connectivity index (χ1v) is 15.0. The summed E-state index contributed by atoms with van der Waals surface area (Å²) in [7, 11) is 1.53. The fourth-order valence-electron chi connectivity index (χ4n) is 5.52. The van der Waals surface area contributed by atoms with Crippen molar-refractivity contribution in [1.29, 1.82) is 0 Å². The molecule has 0 radical (unpaired) electrons. The number of anilines is 1. The van der Waals surface area contributed by atoms with Gasteiger partial charge in [0.15, 0.2) is 23.3 Å². The highest BCUT2D eigenvalue weighted by molar-refractivity contribution is 8.18. The quantitative estimate of drug-likeness (QED) is 0.357. The van der Waals surface area contributed by atoms with Crippen molar-refractivity contribution in [2.24, 2.45) is 4.99 Å². The molecule has 5 rings (SSSR count). The molecule has 0 unspecified atom stereocenters. The maximum absolute atomic E-state index is 13.7. The number of nitrogens with one attached hydrogen (secondary N) is 1. The van der Waals surface area contributed by atoms with Crippen molar-refractivity contribution in [3.63, 3.8) is 0 Å². The summed E-state index contributed by atoms with van der Waals surface area (Å²) in [5.74, 6) is 0.150. The molecule has 7 nitrogen and oxygen atoms in total. The molecule has 2 aromatic carbocycles. The van der Waals surface area contributed by atoms with Crippen molar-refractivity contribution in [2.45, 2.75) is 76.3 Å². The number of amidine groups is 1. The van der Waals surface area contributed by atoms with E-state index in [1.807, 2.05) is 17.0 Å². The lowest BCUT2D eigenvalue weighted by molar-refractivity contribution is -0.124. The number of amides is 2. The third-order valence-corrected chi connectivity index (χ3v) is 8.61. The molecule has 2 aromatic rings. The first-order chi connectivity index (χ1) is 19.5. The monoisotopic (exact) mass is 565 g/mol. The zero-order chi connectivity index (χ0) is 27.9. The number of carbonyl (C=O) groups excluding carboxylic acids is 2. The Morgan fingerprint density at radius 3 is 2.42 bits per heavy atom. The summed E-state index contributed by atoms with van der Waals surface area (Å²) >= 11 is 1.48. The molecule has 2 amide bonds. The van der Waals surface area contributed by atoms with E-state index in [0.717, 1.165) is 49.3 Å². The fraction of sp³-hybridized carbons (Fsp3) is 0.452. The summed E-state index contributed by atoms with van der Waals surface area (Å²) in [4.78, 5) is 33.7. The van der Waals surface area contributed by atoms with Crippen LogP contribution in [0.25, 0.3) is 6.08 Å². The van der Waals surface area contributed by atoms with E-state index in [9.17, 15) is 14.0 Å². The predicted octanol–water partition coefficient (Wildman–Crippen LogP) is 6.79. The predicted molar refractivity (Wildman–Crippen MR) is 157 cm³/mol. The van der Waals surface area contributed by atoms with Gasteiger partial charge in [0.05, 0.1) is 18.1 Å². The molecule has 0 aromatic heterocycles. The number of halogens is 1. The van der Waals surface area contributed by atoms with Gasteiger partial charge in [0, 0.05) is 11.7 Å². The summed E-state index contributed by atoms with van der Waals surface area (Å²) in [6.07, 6.45) is 13.3. The standard InChI is InChI=1S/C31H36FN3O4S/c1-38-27-18-21(12-17-26(27)39-20-29(36)33-24-15-13-22(32)14-16-24)19-28-30(37)35(25-10-6-3-7-11-25)31(40-28)34-23-8-4-2-5-9-23/h12-19,23,25H,2-11,20H2,1H3,(H,33,36). The second-order valence-corrected chi connectivity index (χ2v) is 11.5. The van der Waals surface area contributed by atoms with Gasteiger partial charge in [-0.25, -0.2) is 4.39 Å². The smallest absolute Gasteiger partial charge is 0.266 e. The lowest BCUT2D eigenvalue weighted by atomic mass is 9.94. The lowest BCUT2D eigenvalue weighted by Crippen LogP contribution is -2.41. The number of ether oxygens (including phenoxy) is 2. The number of aliphatic imine (C=N–C) groups is 1. The molecule has 1 aliphatic heterocycles. The van der Waals surface area contributed by atoms with Crippen LogP contribution < -0.4 is 14.8 Å². The average molecular weight is 566 g/mol. The van der Waals surface area contributed by atoms with Crippen LogP contribution in [0.15, 0.2) is 52.4 Å². The minimum atomic E-state index is -0.375. The Balaban J connectivity index is 1.29. The summed E-state index contributed by atoms with van der Waals surface area (Å²) in [5, 5.41) is 3.52. The molecule has 3 fully saturated rings. The van der Waals surface area contributed by atoms with Gasteiger partial charge in [-0.1, -0.05) is 44.6 Å². The Bertz CT molecular complexity index is 1270. The molecular weight excluding hydrogens is 529 g/mol. The molecule has 0 bridgehead atoms. The Morgan fingerprint density at radius 2 is 1.73 bits per heavy atom. The topological polar surface area (TPSA) is 80.2 Å². The molecule has 0 spiro atoms. The van der Waals surface area contributed by atoms with Crippen molar-refractivity contribution >= 4 is 40.5 Å². The second kappa shape index (κ2) is 13.4. The van der Waals surface area contributed by atoms with E-state index in [-0.39, 0.29) is 30.3 Å². The van der Waals surface area contributed by atoms with Crippen LogP contribution in [0.1, 0.15) is 69.8 Å². The molecule has 9 heteroatoms.